The minimum Gasteiger partial charge on any atom is -0.371 e. The number of aryl methyl sites for hydroxylation is 2. The van der Waals surface area contributed by atoms with E-state index in [2.05, 4.69) is 34.1 Å². The number of nitrogens with zero attached hydrogens (tertiary/aromatic N) is 4. The molecule has 0 unspecified atom stereocenters. The van der Waals surface area contributed by atoms with Gasteiger partial charge in [-0.05, 0) is 61.4 Å². The summed E-state index contributed by atoms with van der Waals surface area (Å²) in [5.74, 6) is 1.13. The molecule has 2 aromatic rings. The van der Waals surface area contributed by atoms with Crippen LogP contribution >= 0.6 is 0 Å². The first-order valence-corrected chi connectivity index (χ1v) is 10.3. The van der Waals surface area contributed by atoms with Crippen LogP contribution < -0.4 is 9.80 Å². The predicted molar refractivity (Wildman–Crippen MR) is 114 cm³/mol. The van der Waals surface area contributed by atoms with Gasteiger partial charge in [-0.3, -0.25) is 4.79 Å². The number of rotatable bonds is 4. The van der Waals surface area contributed by atoms with Crippen molar-refractivity contribution in [2.45, 2.75) is 38.1 Å². The molecule has 0 radical (unpaired) electrons. The standard InChI is InChI=1S/C23H30N4O/c1-25(2)22-16-21(9-12-24-22)27-13-10-20(11-14-27)26(3)23(28)19-8-7-17-5-4-6-18(17)15-19/h7-9,12,15-16,20H,4-6,10-11,13-14H2,1-3H3. The number of amides is 1. The highest BCUT2D eigenvalue weighted by atomic mass is 16.2. The zero-order valence-corrected chi connectivity index (χ0v) is 17.2. The molecule has 1 saturated heterocycles. The smallest absolute Gasteiger partial charge is 0.253 e. The van der Waals surface area contributed by atoms with E-state index in [0.29, 0.717) is 6.04 Å². The summed E-state index contributed by atoms with van der Waals surface area (Å²) in [4.78, 5) is 23.8. The van der Waals surface area contributed by atoms with Crippen LogP contribution in [0, 0.1) is 0 Å². The van der Waals surface area contributed by atoms with E-state index < -0.39 is 0 Å². The number of carbonyl (C=O) groups excluding carboxylic acids is 1. The van der Waals surface area contributed by atoms with Gasteiger partial charge in [0.15, 0.2) is 0 Å². The number of carbonyl (C=O) groups is 1. The fraction of sp³-hybridized carbons (Fsp3) is 0.478. The van der Waals surface area contributed by atoms with Crippen LogP contribution in [0.2, 0.25) is 0 Å². The molecule has 0 N–H and O–H groups in total. The van der Waals surface area contributed by atoms with E-state index in [9.17, 15) is 4.79 Å². The van der Waals surface area contributed by atoms with E-state index in [4.69, 9.17) is 0 Å². The maximum absolute atomic E-state index is 13.0. The summed E-state index contributed by atoms with van der Waals surface area (Å²) >= 11 is 0. The van der Waals surface area contributed by atoms with E-state index in [1.807, 2.05) is 43.2 Å². The van der Waals surface area contributed by atoms with Crippen LogP contribution in [-0.4, -0.2) is 56.1 Å². The van der Waals surface area contributed by atoms with Crippen LogP contribution in [0.15, 0.2) is 36.5 Å². The number of piperidine rings is 1. The number of aromatic nitrogens is 1. The van der Waals surface area contributed by atoms with Gasteiger partial charge in [0.2, 0.25) is 0 Å². The van der Waals surface area contributed by atoms with Gasteiger partial charge in [0.05, 0.1) is 0 Å². The lowest BCUT2D eigenvalue weighted by atomic mass is 10.0. The first-order chi connectivity index (χ1) is 13.5. The second-order valence-corrected chi connectivity index (χ2v) is 8.24. The molecule has 148 valence electrons. The molecule has 1 aromatic carbocycles. The Kier molecular flexibility index (Phi) is 5.25. The summed E-state index contributed by atoms with van der Waals surface area (Å²) in [6.45, 7) is 1.92. The predicted octanol–water partition coefficient (Wildman–Crippen LogP) is 3.38. The lowest BCUT2D eigenvalue weighted by Crippen LogP contribution is -2.45. The fourth-order valence-electron chi connectivity index (χ4n) is 4.43. The van der Waals surface area contributed by atoms with Gasteiger partial charge in [-0.2, -0.15) is 0 Å². The molecule has 1 amide bonds. The van der Waals surface area contributed by atoms with Crippen LogP contribution in [0.4, 0.5) is 11.5 Å². The van der Waals surface area contributed by atoms with Crippen molar-refractivity contribution in [3.8, 4) is 0 Å². The minimum absolute atomic E-state index is 0.159. The summed E-state index contributed by atoms with van der Waals surface area (Å²) in [7, 11) is 5.99. The molecule has 2 aliphatic rings. The van der Waals surface area contributed by atoms with Crippen molar-refractivity contribution in [2.24, 2.45) is 0 Å². The van der Waals surface area contributed by atoms with Crippen molar-refractivity contribution in [3.05, 3.63) is 53.2 Å². The zero-order valence-electron chi connectivity index (χ0n) is 17.2. The van der Waals surface area contributed by atoms with Gasteiger partial charge in [0.25, 0.3) is 5.91 Å². The molecule has 28 heavy (non-hydrogen) atoms. The van der Waals surface area contributed by atoms with Crippen molar-refractivity contribution in [1.29, 1.82) is 0 Å². The van der Waals surface area contributed by atoms with E-state index >= 15 is 0 Å². The molecule has 1 aromatic heterocycles. The van der Waals surface area contributed by atoms with E-state index in [0.717, 1.165) is 50.2 Å². The Morgan fingerprint density at radius 1 is 1.04 bits per heavy atom. The average molecular weight is 379 g/mol. The van der Waals surface area contributed by atoms with Gasteiger partial charge < -0.3 is 14.7 Å². The van der Waals surface area contributed by atoms with Gasteiger partial charge in [-0.25, -0.2) is 4.98 Å². The molecule has 0 bridgehead atoms. The van der Waals surface area contributed by atoms with E-state index in [-0.39, 0.29) is 5.91 Å². The molecule has 5 heteroatoms. The average Bonchev–Trinajstić information content (AvgIpc) is 3.20. The van der Waals surface area contributed by atoms with Crippen molar-refractivity contribution in [2.75, 3.05) is 44.0 Å². The topological polar surface area (TPSA) is 39.7 Å². The summed E-state index contributed by atoms with van der Waals surface area (Å²) < 4.78 is 0. The van der Waals surface area contributed by atoms with E-state index in [1.165, 1.54) is 23.2 Å². The van der Waals surface area contributed by atoms with E-state index in [1.54, 1.807) is 0 Å². The Morgan fingerprint density at radius 2 is 1.79 bits per heavy atom. The molecule has 0 atom stereocenters. The van der Waals surface area contributed by atoms with Crippen molar-refractivity contribution in [3.63, 3.8) is 0 Å². The molecular weight excluding hydrogens is 348 g/mol. The molecule has 1 aliphatic carbocycles. The highest BCUT2D eigenvalue weighted by Gasteiger charge is 2.27. The largest absolute Gasteiger partial charge is 0.371 e. The molecule has 0 saturated carbocycles. The van der Waals surface area contributed by atoms with Crippen LogP contribution in [0.3, 0.4) is 0 Å². The lowest BCUT2D eigenvalue weighted by molar-refractivity contribution is 0.0709. The van der Waals surface area contributed by atoms with Gasteiger partial charge in [0, 0.05) is 63.8 Å². The maximum atomic E-state index is 13.0. The van der Waals surface area contributed by atoms with Crippen LogP contribution in [0.1, 0.15) is 40.7 Å². The number of benzene rings is 1. The third-order valence-corrected chi connectivity index (χ3v) is 6.23. The second kappa shape index (κ2) is 7.82. The highest BCUT2D eigenvalue weighted by Crippen LogP contribution is 2.26. The summed E-state index contributed by atoms with van der Waals surface area (Å²) in [5, 5.41) is 0. The van der Waals surface area contributed by atoms with Gasteiger partial charge in [-0.15, -0.1) is 0 Å². The van der Waals surface area contributed by atoms with Crippen molar-refractivity contribution < 1.29 is 4.79 Å². The fourth-order valence-corrected chi connectivity index (χ4v) is 4.43. The Labute approximate surface area is 168 Å². The highest BCUT2D eigenvalue weighted by molar-refractivity contribution is 5.94. The Balaban J connectivity index is 1.39. The Morgan fingerprint density at radius 3 is 2.54 bits per heavy atom. The second-order valence-electron chi connectivity index (χ2n) is 8.24. The molecule has 4 rings (SSSR count). The number of hydrogen-bond acceptors (Lipinski definition) is 4. The van der Waals surface area contributed by atoms with Crippen LogP contribution in [0.5, 0.6) is 0 Å². The molecule has 5 nitrogen and oxygen atoms in total. The van der Waals surface area contributed by atoms with Gasteiger partial charge >= 0.3 is 0 Å². The molecule has 2 heterocycles. The Hall–Kier alpha value is -2.56. The first kappa shape index (κ1) is 18.8. The number of hydrogen-bond donors (Lipinski definition) is 0. The zero-order chi connectivity index (χ0) is 19.7. The molecule has 1 fully saturated rings. The normalized spacial score (nSPS) is 16.8. The number of pyridine rings is 1. The SMILES string of the molecule is CN(C)c1cc(N2CCC(N(C)C(=O)c3ccc4c(c3)CCC4)CC2)ccn1. The Bertz CT molecular complexity index is 855. The first-order valence-electron chi connectivity index (χ1n) is 10.3. The van der Waals surface area contributed by atoms with Gasteiger partial charge in [-0.1, -0.05) is 6.07 Å². The van der Waals surface area contributed by atoms with Crippen molar-refractivity contribution in [1.82, 2.24) is 9.88 Å². The van der Waals surface area contributed by atoms with Crippen LogP contribution in [-0.2, 0) is 12.8 Å². The third kappa shape index (κ3) is 3.71. The van der Waals surface area contributed by atoms with Crippen molar-refractivity contribution >= 4 is 17.4 Å². The number of fused-ring (bicyclic) bond motifs is 1. The van der Waals surface area contributed by atoms with Crippen LogP contribution in [0.25, 0.3) is 0 Å². The molecule has 1 aliphatic heterocycles. The number of anilines is 2. The summed E-state index contributed by atoms with van der Waals surface area (Å²) in [6.07, 6.45) is 7.34. The maximum Gasteiger partial charge on any atom is 0.253 e. The summed E-state index contributed by atoms with van der Waals surface area (Å²) in [5.41, 5.74) is 4.84. The molecule has 0 spiro atoms. The molecular formula is C23H30N4O. The lowest BCUT2D eigenvalue weighted by Gasteiger charge is -2.38. The third-order valence-electron chi connectivity index (χ3n) is 6.23. The van der Waals surface area contributed by atoms with Gasteiger partial charge in [0.1, 0.15) is 5.82 Å². The monoisotopic (exact) mass is 378 g/mol. The quantitative estimate of drug-likeness (QED) is 0.818. The summed E-state index contributed by atoms with van der Waals surface area (Å²) in [6, 6.07) is 10.8. The minimum atomic E-state index is 0.159.